The zero-order valence-corrected chi connectivity index (χ0v) is 10.8. The highest BCUT2D eigenvalue weighted by Crippen LogP contribution is 2.11. The van der Waals surface area contributed by atoms with Crippen molar-refractivity contribution in [2.24, 2.45) is 5.92 Å². The zero-order chi connectivity index (χ0) is 12.3. The van der Waals surface area contributed by atoms with Gasteiger partial charge in [-0.2, -0.15) is 0 Å². The van der Waals surface area contributed by atoms with E-state index >= 15 is 0 Å². The Kier molecular flexibility index (Phi) is 4.35. The summed E-state index contributed by atoms with van der Waals surface area (Å²) in [6.45, 7) is 7.37. The molecule has 1 rings (SSSR count). The van der Waals surface area contributed by atoms with Crippen molar-refractivity contribution < 1.29 is 9.21 Å². The van der Waals surface area contributed by atoms with Crippen LogP contribution in [0.1, 0.15) is 36.0 Å². The Morgan fingerprint density at radius 1 is 1.50 bits per heavy atom. The van der Waals surface area contributed by atoms with Gasteiger partial charge in [-0.15, -0.1) is 11.6 Å². The predicted molar refractivity (Wildman–Crippen MR) is 62.8 cm³/mol. The van der Waals surface area contributed by atoms with Crippen LogP contribution in [-0.2, 0) is 0 Å². The lowest BCUT2D eigenvalue weighted by molar-refractivity contribution is 0.0900. The molecule has 0 saturated carbocycles. The van der Waals surface area contributed by atoms with E-state index < -0.39 is 0 Å². The summed E-state index contributed by atoms with van der Waals surface area (Å²) in [5.41, 5.74) is 0.612. The van der Waals surface area contributed by atoms with Crippen LogP contribution < -0.4 is 5.32 Å². The number of aryl methyl sites for hydroxylation is 2. The van der Waals surface area contributed by atoms with Gasteiger partial charge in [0.2, 0.25) is 5.76 Å². The monoisotopic (exact) mass is 244 g/mol. The minimum absolute atomic E-state index is 0.00908. The Balaban J connectivity index is 2.69. The molecule has 5 heteroatoms. The number of hydrogen-bond donors (Lipinski definition) is 1. The molecule has 2 atom stereocenters. The first-order valence-electron chi connectivity index (χ1n) is 5.26. The van der Waals surface area contributed by atoms with Crippen LogP contribution in [0.5, 0.6) is 0 Å². The summed E-state index contributed by atoms with van der Waals surface area (Å²) in [6.07, 6.45) is 0. The van der Waals surface area contributed by atoms with Crippen LogP contribution in [0.3, 0.4) is 0 Å². The molecule has 0 radical (unpaired) electrons. The Morgan fingerprint density at radius 2 is 2.12 bits per heavy atom. The summed E-state index contributed by atoms with van der Waals surface area (Å²) in [4.78, 5) is 15.9. The summed E-state index contributed by atoms with van der Waals surface area (Å²) in [5.74, 6) is 1.28. The van der Waals surface area contributed by atoms with Crippen molar-refractivity contribution in [3.63, 3.8) is 0 Å². The molecule has 0 saturated heterocycles. The quantitative estimate of drug-likeness (QED) is 0.827. The average molecular weight is 245 g/mol. The molecule has 1 aromatic rings. The van der Waals surface area contributed by atoms with Crippen LogP contribution in [0.4, 0.5) is 0 Å². The molecule has 1 heterocycles. The van der Waals surface area contributed by atoms with Gasteiger partial charge in [-0.3, -0.25) is 4.79 Å². The molecule has 1 amide bonds. The number of nitrogens with one attached hydrogen (secondary N) is 1. The first-order valence-corrected chi connectivity index (χ1v) is 5.80. The van der Waals surface area contributed by atoms with Crippen LogP contribution in [0.25, 0.3) is 0 Å². The van der Waals surface area contributed by atoms with Crippen molar-refractivity contribution in [1.82, 2.24) is 10.3 Å². The van der Waals surface area contributed by atoms with E-state index in [0.29, 0.717) is 17.5 Å². The molecule has 90 valence electrons. The normalized spacial score (nSPS) is 14.6. The van der Waals surface area contributed by atoms with Crippen molar-refractivity contribution >= 4 is 17.5 Å². The molecule has 0 aromatic carbocycles. The summed E-state index contributed by atoms with van der Waals surface area (Å²) in [7, 11) is 0. The van der Waals surface area contributed by atoms with Gasteiger partial charge in [0.1, 0.15) is 0 Å². The van der Waals surface area contributed by atoms with Gasteiger partial charge in [0.05, 0.1) is 5.69 Å². The number of carbonyl (C=O) groups is 1. The fourth-order valence-electron chi connectivity index (χ4n) is 1.29. The van der Waals surface area contributed by atoms with Crippen molar-refractivity contribution in [3.05, 3.63) is 17.3 Å². The molecule has 0 spiro atoms. The minimum atomic E-state index is -0.234. The highest BCUT2D eigenvalue weighted by Gasteiger charge is 2.20. The van der Waals surface area contributed by atoms with Crippen LogP contribution in [-0.4, -0.2) is 22.8 Å². The van der Waals surface area contributed by atoms with Crippen LogP contribution in [0, 0.1) is 19.8 Å². The van der Waals surface area contributed by atoms with Gasteiger partial charge in [0, 0.05) is 18.8 Å². The molecule has 0 aliphatic carbocycles. The lowest BCUT2D eigenvalue weighted by atomic mass is 10.1. The number of amides is 1. The lowest BCUT2D eigenvalue weighted by Gasteiger charge is -2.18. The van der Waals surface area contributed by atoms with Crippen molar-refractivity contribution in [2.75, 3.05) is 5.88 Å². The van der Waals surface area contributed by atoms with Gasteiger partial charge in [0.25, 0.3) is 5.91 Å². The SMILES string of the molecule is Cc1nc(C)c(C(=O)NC(C)C(C)CCl)o1. The second-order valence-corrected chi connectivity index (χ2v) is 4.35. The average Bonchev–Trinajstić information content (AvgIpc) is 2.56. The van der Waals surface area contributed by atoms with Gasteiger partial charge in [-0.05, 0) is 19.8 Å². The molecule has 0 aliphatic rings. The van der Waals surface area contributed by atoms with E-state index in [1.54, 1.807) is 13.8 Å². The van der Waals surface area contributed by atoms with Gasteiger partial charge in [0.15, 0.2) is 5.89 Å². The third kappa shape index (κ3) is 2.98. The van der Waals surface area contributed by atoms with Crippen LogP contribution in [0.15, 0.2) is 4.42 Å². The van der Waals surface area contributed by atoms with Gasteiger partial charge >= 0.3 is 0 Å². The second kappa shape index (κ2) is 5.34. The fourth-order valence-corrected chi connectivity index (χ4v) is 1.56. The van der Waals surface area contributed by atoms with E-state index in [1.807, 2.05) is 13.8 Å². The lowest BCUT2D eigenvalue weighted by Crippen LogP contribution is -2.37. The third-order valence-electron chi connectivity index (χ3n) is 2.57. The molecular weight excluding hydrogens is 228 g/mol. The first-order chi connectivity index (χ1) is 7.45. The first kappa shape index (κ1) is 13.0. The zero-order valence-electron chi connectivity index (χ0n) is 10.0. The summed E-state index contributed by atoms with van der Waals surface area (Å²) in [6, 6.07) is 0.00908. The van der Waals surface area contributed by atoms with E-state index in [0.717, 1.165) is 0 Å². The van der Waals surface area contributed by atoms with E-state index in [9.17, 15) is 4.79 Å². The highest BCUT2D eigenvalue weighted by atomic mass is 35.5. The van der Waals surface area contributed by atoms with E-state index in [-0.39, 0.29) is 23.6 Å². The number of oxazole rings is 1. The predicted octanol–water partition coefficient (Wildman–Crippen LogP) is 2.28. The van der Waals surface area contributed by atoms with Crippen LogP contribution in [0.2, 0.25) is 0 Å². The van der Waals surface area contributed by atoms with Gasteiger partial charge in [-0.1, -0.05) is 6.92 Å². The number of rotatable bonds is 4. The molecular formula is C11H17ClN2O2. The number of aromatic nitrogens is 1. The van der Waals surface area contributed by atoms with Crippen molar-refractivity contribution in [3.8, 4) is 0 Å². The molecule has 16 heavy (non-hydrogen) atoms. The third-order valence-corrected chi connectivity index (χ3v) is 3.05. The number of hydrogen-bond acceptors (Lipinski definition) is 3. The van der Waals surface area contributed by atoms with E-state index in [2.05, 4.69) is 10.3 Å². The summed E-state index contributed by atoms with van der Waals surface area (Å²) in [5, 5.41) is 2.84. The smallest absolute Gasteiger partial charge is 0.289 e. The van der Waals surface area contributed by atoms with Crippen LogP contribution >= 0.6 is 11.6 Å². The van der Waals surface area contributed by atoms with Crippen molar-refractivity contribution in [1.29, 1.82) is 0 Å². The molecule has 0 fully saturated rings. The summed E-state index contributed by atoms with van der Waals surface area (Å²) < 4.78 is 5.23. The Morgan fingerprint density at radius 3 is 2.56 bits per heavy atom. The molecule has 1 N–H and O–H groups in total. The Labute approximate surface area is 100 Å². The molecule has 4 nitrogen and oxygen atoms in total. The number of halogens is 1. The topological polar surface area (TPSA) is 55.1 Å². The second-order valence-electron chi connectivity index (χ2n) is 4.04. The Bertz CT molecular complexity index is 376. The summed E-state index contributed by atoms with van der Waals surface area (Å²) >= 11 is 5.72. The van der Waals surface area contributed by atoms with Gasteiger partial charge in [-0.25, -0.2) is 4.98 Å². The van der Waals surface area contributed by atoms with E-state index in [4.69, 9.17) is 16.0 Å². The molecule has 0 aliphatic heterocycles. The minimum Gasteiger partial charge on any atom is -0.436 e. The fraction of sp³-hybridized carbons (Fsp3) is 0.636. The maximum atomic E-state index is 11.8. The van der Waals surface area contributed by atoms with Gasteiger partial charge < -0.3 is 9.73 Å². The molecule has 1 aromatic heterocycles. The van der Waals surface area contributed by atoms with Crippen molar-refractivity contribution in [2.45, 2.75) is 33.7 Å². The largest absolute Gasteiger partial charge is 0.436 e. The molecule has 2 unspecified atom stereocenters. The van der Waals surface area contributed by atoms with E-state index in [1.165, 1.54) is 0 Å². The Hall–Kier alpha value is -1.03. The number of nitrogens with zero attached hydrogens (tertiary/aromatic N) is 1. The maximum absolute atomic E-state index is 11.8. The molecule has 0 bridgehead atoms. The highest BCUT2D eigenvalue weighted by molar-refractivity contribution is 6.18. The maximum Gasteiger partial charge on any atom is 0.289 e. The number of alkyl halides is 1. The standard InChI is InChI=1S/C11H17ClN2O2/c1-6(5-12)7(2)14-11(15)10-8(3)13-9(4)16-10/h6-7H,5H2,1-4H3,(H,14,15). The number of carbonyl (C=O) groups excluding carboxylic acids is 1.